The van der Waals surface area contributed by atoms with Crippen molar-refractivity contribution in [2.45, 2.75) is 26.2 Å². The van der Waals surface area contributed by atoms with Crippen molar-refractivity contribution in [2.75, 3.05) is 18.8 Å². The van der Waals surface area contributed by atoms with E-state index in [1.54, 1.807) is 12.1 Å². The number of carbonyl (C=O) groups is 1. The summed E-state index contributed by atoms with van der Waals surface area (Å²) in [6, 6.07) is 5.39. The summed E-state index contributed by atoms with van der Waals surface area (Å²) in [5, 5.41) is 0. The lowest BCUT2D eigenvalue weighted by Crippen LogP contribution is -2.38. The Morgan fingerprint density at radius 3 is 2.61 bits per heavy atom. The number of piperidine rings is 1. The molecule has 0 spiro atoms. The van der Waals surface area contributed by atoms with Crippen LogP contribution in [0.2, 0.25) is 0 Å². The summed E-state index contributed by atoms with van der Waals surface area (Å²) in [5.41, 5.74) is 7.07. The van der Waals surface area contributed by atoms with Crippen LogP contribution < -0.4 is 5.73 Å². The largest absolute Gasteiger partial charge is 0.399 e. The fourth-order valence-corrected chi connectivity index (χ4v) is 2.97. The Balaban J connectivity index is 2.07. The van der Waals surface area contributed by atoms with Crippen LogP contribution in [0.1, 0.15) is 36.5 Å². The number of anilines is 1. The van der Waals surface area contributed by atoms with Crippen LogP contribution in [0.4, 0.5) is 5.69 Å². The molecule has 18 heavy (non-hydrogen) atoms. The first kappa shape index (κ1) is 13.4. The number of amides is 1. The first-order chi connectivity index (χ1) is 8.60. The number of nitrogens with two attached hydrogens (primary N) is 1. The number of likely N-dealkylation sites (tertiary alicyclic amines) is 1. The molecule has 0 radical (unpaired) electrons. The molecule has 1 aliphatic heterocycles. The zero-order chi connectivity index (χ0) is 13.1. The SMILES string of the molecule is CCC1CCN(C(=O)c2cc(N)cc(Br)c2)CC1. The predicted octanol–water partition coefficient (Wildman–Crippen LogP) is 3.29. The average molecular weight is 311 g/mol. The van der Waals surface area contributed by atoms with Crippen molar-refractivity contribution in [3.8, 4) is 0 Å². The second-order valence-corrected chi connectivity index (χ2v) is 5.83. The van der Waals surface area contributed by atoms with Gasteiger partial charge in [0.1, 0.15) is 0 Å². The fourth-order valence-electron chi connectivity index (χ4n) is 2.46. The van der Waals surface area contributed by atoms with Crippen molar-refractivity contribution in [1.82, 2.24) is 4.90 Å². The maximum atomic E-state index is 12.3. The maximum Gasteiger partial charge on any atom is 0.253 e. The summed E-state index contributed by atoms with van der Waals surface area (Å²) in [6.07, 6.45) is 3.45. The Bertz CT molecular complexity index is 419. The standard InChI is InChI=1S/C14H19BrN2O/c1-2-10-3-5-17(6-4-10)14(18)11-7-12(15)9-13(16)8-11/h7-10H,2-6,16H2,1H3. The molecule has 4 heteroatoms. The van der Waals surface area contributed by atoms with Crippen molar-refractivity contribution < 1.29 is 4.79 Å². The molecule has 2 rings (SSSR count). The zero-order valence-corrected chi connectivity index (χ0v) is 12.2. The Morgan fingerprint density at radius 2 is 2.06 bits per heavy atom. The van der Waals surface area contributed by atoms with E-state index in [0.717, 1.165) is 36.3 Å². The molecule has 0 saturated carbocycles. The van der Waals surface area contributed by atoms with E-state index in [1.807, 2.05) is 11.0 Å². The minimum Gasteiger partial charge on any atom is -0.399 e. The molecule has 2 N–H and O–H groups in total. The maximum absolute atomic E-state index is 12.3. The fraction of sp³-hybridized carbons (Fsp3) is 0.500. The normalized spacial score (nSPS) is 16.9. The van der Waals surface area contributed by atoms with Gasteiger partial charge in [0.25, 0.3) is 5.91 Å². The van der Waals surface area contributed by atoms with Gasteiger partial charge in [0.15, 0.2) is 0 Å². The lowest BCUT2D eigenvalue weighted by molar-refractivity contribution is 0.0689. The van der Waals surface area contributed by atoms with Crippen LogP contribution in [0, 0.1) is 5.92 Å². The third kappa shape index (κ3) is 3.05. The Kier molecular flexibility index (Phi) is 4.27. The van der Waals surface area contributed by atoms with E-state index >= 15 is 0 Å². The van der Waals surface area contributed by atoms with Crippen LogP contribution in [-0.4, -0.2) is 23.9 Å². The number of nitrogen functional groups attached to an aromatic ring is 1. The highest BCUT2D eigenvalue weighted by atomic mass is 79.9. The topological polar surface area (TPSA) is 46.3 Å². The van der Waals surface area contributed by atoms with Gasteiger partial charge in [0.2, 0.25) is 0 Å². The number of hydrogen-bond acceptors (Lipinski definition) is 2. The molecule has 1 amide bonds. The molecular formula is C14H19BrN2O. The van der Waals surface area contributed by atoms with Crippen LogP contribution in [0.5, 0.6) is 0 Å². The minimum atomic E-state index is 0.0950. The Labute approximate surface area is 116 Å². The molecular weight excluding hydrogens is 292 g/mol. The van der Waals surface area contributed by atoms with Gasteiger partial charge in [-0.15, -0.1) is 0 Å². The smallest absolute Gasteiger partial charge is 0.253 e. The predicted molar refractivity (Wildman–Crippen MR) is 77.5 cm³/mol. The molecule has 0 bridgehead atoms. The third-order valence-electron chi connectivity index (χ3n) is 3.65. The van der Waals surface area contributed by atoms with E-state index in [0.29, 0.717) is 11.3 Å². The lowest BCUT2D eigenvalue weighted by atomic mass is 9.94. The van der Waals surface area contributed by atoms with Crippen molar-refractivity contribution in [1.29, 1.82) is 0 Å². The summed E-state index contributed by atoms with van der Waals surface area (Å²) in [5.74, 6) is 0.874. The van der Waals surface area contributed by atoms with Crippen LogP contribution >= 0.6 is 15.9 Å². The first-order valence-electron chi connectivity index (χ1n) is 6.45. The quantitative estimate of drug-likeness (QED) is 0.852. The molecule has 1 fully saturated rings. The van der Waals surface area contributed by atoms with Crippen LogP contribution in [0.15, 0.2) is 22.7 Å². The van der Waals surface area contributed by atoms with Gasteiger partial charge in [-0.3, -0.25) is 4.79 Å². The average Bonchev–Trinajstić information content (AvgIpc) is 2.37. The number of nitrogens with zero attached hydrogens (tertiary/aromatic N) is 1. The van der Waals surface area contributed by atoms with Gasteiger partial charge in [0.05, 0.1) is 0 Å². The Hall–Kier alpha value is -1.03. The van der Waals surface area contributed by atoms with Crippen LogP contribution in [0.25, 0.3) is 0 Å². The van der Waals surface area contributed by atoms with E-state index in [1.165, 1.54) is 6.42 Å². The van der Waals surface area contributed by atoms with Gasteiger partial charge in [-0.1, -0.05) is 29.3 Å². The summed E-state index contributed by atoms with van der Waals surface area (Å²) in [6.45, 7) is 3.95. The number of rotatable bonds is 2. The highest BCUT2D eigenvalue weighted by Crippen LogP contribution is 2.23. The first-order valence-corrected chi connectivity index (χ1v) is 7.24. The summed E-state index contributed by atoms with van der Waals surface area (Å²) < 4.78 is 0.856. The molecule has 1 heterocycles. The van der Waals surface area contributed by atoms with Crippen molar-refractivity contribution in [3.63, 3.8) is 0 Å². The van der Waals surface area contributed by atoms with E-state index in [-0.39, 0.29) is 5.91 Å². The highest BCUT2D eigenvalue weighted by molar-refractivity contribution is 9.10. The number of hydrogen-bond donors (Lipinski definition) is 1. The second kappa shape index (κ2) is 5.74. The molecule has 98 valence electrons. The van der Waals surface area contributed by atoms with E-state index in [4.69, 9.17) is 5.73 Å². The van der Waals surface area contributed by atoms with Gasteiger partial charge in [0, 0.05) is 28.8 Å². The zero-order valence-electron chi connectivity index (χ0n) is 10.7. The van der Waals surface area contributed by atoms with E-state index in [9.17, 15) is 4.79 Å². The van der Waals surface area contributed by atoms with E-state index < -0.39 is 0 Å². The molecule has 0 aromatic heterocycles. The summed E-state index contributed by atoms with van der Waals surface area (Å²) in [7, 11) is 0. The molecule has 0 unspecified atom stereocenters. The Morgan fingerprint density at radius 1 is 1.39 bits per heavy atom. The third-order valence-corrected chi connectivity index (χ3v) is 4.10. The molecule has 1 aromatic rings. The summed E-state index contributed by atoms with van der Waals surface area (Å²) >= 11 is 3.38. The van der Waals surface area contributed by atoms with Gasteiger partial charge < -0.3 is 10.6 Å². The molecule has 1 saturated heterocycles. The number of halogens is 1. The molecule has 0 aliphatic carbocycles. The minimum absolute atomic E-state index is 0.0950. The summed E-state index contributed by atoms with van der Waals surface area (Å²) in [4.78, 5) is 14.3. The highest BCUT2D eigenvalue weighted by Gasteiger charge is 2.22. The van der Waals surface area contributed by atoms with Crippen molar-refractivity contribution >= 4 is 27.5 Å². The van der Waals surface area contributed by atoms with Crippen molar-refractivity contribution in [3.05, 3.63) is 28.2 Å². The van der Waals surface area contributed by atoms with Gasteiger partial charge in [-0.05, 0) is 37.0 Å². The lowest BCUT2D eigenvalue weighted by Gasteiger charge is -2.31. The number of benzene rings is 1. The van der Waals surface area contributed by atoms with Crippen LogP contribution in [0.3, 0.4) is 0 Å². The van der Waals surface area contributed by atoms with Crippen molar-refractivity contribution in [2.24, 2.45) is 5.92 Å². The molecule has 1 aliphatic rings. The van der Waals surface area contributed by atoms with E-state index in [2.05, 4.69) is 22.9 Å². The monoisotopic (exact) mass is 310 g/mol. The number of carbonyl (C=O) groups excluding carboxylic acids is 1. The molecule has 3 nitrogen and oxygen atoms in total. The van der Waals surface area contributed by atoms with Gasteiger partial charge >= 0.3 is 0 Å². The van der Waals surface area contributed by atoms with Gasteiger partial charge in [-0.2, -0.15) is 0 Å². The van der Waals surface area contributed by atoms with Crippen LogP contribution in [-0.2, 0) is 0 Å². The molecule has 1 aromatic carbocycles. The molecule has 0 atom stereocenters. The van der Waals surface area contributed by atoms with Gasteiger partial charge in [-0.25, -0.2) is 0 Å². The second-order valence-electron chi connectivity index (χ2n) is 4.92.